The van der Waals surface area contributed by atoms with Crippen LogP contribution in [0.1, 0.15) is 27.2 Å². The van der Waals surface area contributed by atoms with Gasteiger partial charge >= 0.3 is 5.97 Å². The third kappa shape index (κ3) is 27.7. The van der Waals surface area contributed by atoms with E-state index in [1.807, 2.05) is 0 Å². The van der Waals surface area contributed by atoms with E-state index in [0.29, 0.717) is 13.0 Å². The number of rotatable bonds is 2. The minimum absolute atomic E-state index is 0.123. The number of carbonyl (C=O) groups is 2. The molecule has 0 aliphatic heterocycles. The van der Waals surface area contributed by atoms with E-state index in [0.717, 1.165) is 6.92 Å². The van der Waals surface area contributed by atoms with Crippen LogP contribution >= 0.6 is 0 Å². The highest BCUT2D eigenvalue weighted by Crippen LogP contribution is 1.80. The summed E-state index contributed by atoms with van der Waals surface area (Å²) < 4.78 is 4.55. The highest BCUT2D eigenvalue weighted by Gasteiger charge is 1.91. The van der Waals surface area contributed by atoms with Crippen LogP contribution in [0, 0.1) is 0 Å². The lowest BCUT2D eigenvalue weighted by Gasteiger charge is -1.93. The summed E-state index contributed by atoms with van der Waals surface area (Å²) in [5.41, 5.74) is 0. The van der Waals surface area contributed by atoms with Crippen LogP contribution < -0.4 is 0 Å². The van der Waals surface area contributed by atoms with Crippen LogP contribution in [-0.4, -0.2) is 23.7 Å². The summed E-state index contributed by atoms with van der Waals surface area (Å²) >= 11 is 0. The van der Waals surface area contributed by atoms with Gasteiger partial charge in [0.2, 0.25) is 0 Å². The maximum Gasteiger partial charge on any atom is 0.305 e. The Morgan fingerprint density at radius 3 is 1.82 bits per heavy atom. The molecule has 0 amide bonds. The predicted molar refractivity (Wildman–Crippen MR) is 40.2 cm³/mol. The standard InChI is InChI=1S/C5H10O2.C2H4O2/c1-3-5(6)7-4-2;1-2(3)4/h3-4H2,1-2H3;1H3,(H,3,4). The van der Waals surface area contributed by atoms with Gasteiger partial charge in [0.05, 0.1) is 6.61 Å². The summed E-state index contributed by atoms with van der Waals surface area (Å²) in [4.78, 5) is 19.2. The van der Waals surface area contributed by atoms with Crippen LogP contribution in [0.5, 0.6) is 0 Å². The van der Waals surface area contributed by atoms with Crippen molar-refractivity contribution in [3.05, 3.63) is 0 Å². The summed E-state index contributed by atoms with van der Waals surface area (Å²) in [6.07, 6.45) is 0.480. The molecule has 0 aliphatic rings. The molecule has 0 heterocycles. The molecular weight excluding hydrogens is 148 g/mol. The zero-order chi connectivity index (χ0) is 9.28. The van der Waals surface area contributed by atoms with E-state index >= 15 is 0 Å². The van der Waals surface area contributed by atoms with Crippen molar-refractivity contribution in [1.82, 2.24) is 0 Å². The molecule has 1 N–H and O–H groups in total. The number of carbonyl (C=O) groups excluding carboxylic acids is 1. The van der Waals surface area contributed by atoms with E-state index in [4.69, 9.17) is 9.90 Å². The second kappa shape index (κ2) is 8.94. The van der Waals surface area contributed by atoms with Gasteiger partial charge in [-0.2, -0.15) is 0 Å². The van der Waals surface area contributed by atoms with Gasteiger partial charge in [-0.15, -0.1) is 0 Å². The van der Waals surface area contributed by atoms with Crippen LogP contribution in [0.15, 0.2) is 0 Å². The van der Waals surface area contributed by atoms with Gasteiger partial charge in [0, 0.05) is 13.3 Å². The molecule has 11 heavy (non-hydrogen) atoms. The van der Waals surface area contributed by atoms with Gasteiger partial charge in [-0.25, -0.2) is 0 Å². The lowest BCUT2D eigenvalue weighted by Crippen LogP contribution is -2.00. The first-order valence-electron chi connectivity index (χ1n) is 3.39. The van der Waals surface area contributed by atoms with Crippen LogP contribution in [0.3, 0.4) is 0 Å². The average Bonchev–Trinajstić information content (AvgIpc) is 1.87. The van der Waals surface area contributed by atoms with E-state index in [2.05, 4.69) is 4.74 Å². The Bertz CT molecular complexity index is 116. The summed E-state index contributed by atoms with van der Waals surface area (Å²) in [7, 11) is 0. The molecule has 0 unspecified atom stereocenters. The zero-order valence-electron chi connectivity index (χ0n) is 7.09. The van der Waals surface area contributed by atoms with Crippen molar-refractivity contribution in [2.75, 3.05) is 6.61 Å². The van der Waals surface area contributed by atoms with Gasteiger partial charge in [0.1, 0.15) is 0 Å². The summed E-state index contributed by atoms with van der Waals surface area (Å²) in [6.45, 7) is 5.15. The first kappa shape index (κ1) is 12.6. The Kier molecular flexibility index (Phi) is 10.2. The van der Waals surface area contributed by atoms with Crippen molar-refractivity contribution in [2.24, 2.45) is 0 Å². The van der Waals surface area contributed by atoms with Crippen molar-refractivity contribution in [2.45, 2.75) is 27.2 Å². The molecule has 0 spiro atoms. The lowest BCUT2D eigenvalue weighted by atomic mass is 10.5. The summed E-state index contributed by atoms with van der Waals surface area (Å²) in [5, 5.41) is 7.42. The number of hydrogen-bond acceptors (Lipinski definition) is 3. The number of aliphatic carboxylic acids is 1. The maximum absolute atomic E-state index is 10.2. The van der Waals surface area contributed by atoms with Crippen molar-refractivity contribution < 1.29 is 19.4 Å². The molecule has 0 saturated carbocycles. The van der Waals surface area contributed by atoms with Gasteiger partial charge in [0.25, 0.3) is 5.97 Å². The lowest BCUT2D eigenvalue weighted by molar-refractivity contribution is -0.142. The van der Waals surface area contributed by atoms with Crippen molar-refractivity contribution in [3.63, 3.8) is 0 Å². The fourth-order valence-corrected chi connectivity index (χ4v) is 0.263. The normalized spacial score (nSPS) is 7.55. The molecule has 0 bridgehead atoms. The average molecular weight is 162 g/mol. The zero-order valence-corrected chi connectivity index (χ0v) is 7.09. The van der Waals surface area contributed by atoms with Gasteiger partial charge < -0.3 is 9.84 Å². The van der Waals surface area contributed by atoms with Crippen molar-refractivity contribution >= 4 is 11.9 Å². The summed E-state index contributed by atoms with van der Waals surface area (Å²) in [6, 6.07) is 0. The third-order valence-corrected chi connectivity index (χ3v) is 0.594. The second-order valence-corrected chi connectivity index (χ2v) is 1.68. The van der Waals surface area contributed by atoms with Gasteiger partial charge in [0.15, 0.2) is 0 Å². The van der Waals surface area contributed by atoms with Gasteiger partial charge in [-0.3, -0.25) is 9.59 Å². The number of esters is 1. The molecule has 66 valence electrons. The van der Waals surface area contributed by atoms with E-state index < -0.39 is 5.97 Å². The first-order chi connectivity index (χ1) is 5.04. The Balaban J connectivity index is 0. The minimum atomic E-state index is -0.833. The monoisotopic (exact) mass is 162 g/mol. The Labute approximate surface area is 66.2 Å². The van der Waals surface area contributed by atoms with Crippen LogP contribution in [0.2, 0.25) is 0 Å². The van der Waals surface area contributed by atoms with E-state index in [-0.39, 0.29) is 5.97 Å². The fourth-order valence-electron chi connectivity index (χ4n) is 0.263. The Hall–Kier alpha value is -1.06. The van der Waals surface area contributed by atoms with Crippen LogP contribution in [0.25, 0.3) is 0 Å². The molecule has 0 rings (SSSR count). The summed E-state index contributed by atoms with van der Waals surface area (Å²) in [5.74, 6) is -0.956. The largest absolute Gasteiger partial charge is 0.481 e. The highest BCUT2D eigenvalue weighted by atomic mass is 16.5. The molecule has 0 atom stereocenters. The quantitative estimate of drug-likeness (QED) is 0.616. The van der Waals surface area contributed by atoms with Gasteiger partial charge in [-0.1, -0.05) is 6.92 Å². The molecule has 0 fully saturated rings. The Morgan fingerprint density at radius 2 is 1.73 bits per heavy atom. The number of carboxylic acid groups (broad SMARTS) is 1. The molecule has 0 saturated heterocycles. The number of carboxylic acids is 1. The SMILES string of the molecule is CC(=O)O.CCOC(=O)CC. The maximum atomic E-state index is 10.2. The molecule has 0 aliphatic carbocycles. The molecule has 0 aromatic heterocycles. The number of hydrogen-bond donors (Lipinski definition) is 1. The van der Waals surface area contributed by atoms with E-state index in [1.165, 1.54) is 0 Å². The van der Waals surface area contributed by atoms with Crippen LogP contribution in [-0.2, 0) is 14.3 Å². The molecule has 0 aromatic rings. The third-order valence-electron chi connectivity index (χ3n) is 0.594. The Morgan fingerprint density at radius 1 is 1.36 bits per heavy atom. The fraction of sp³-hybridized carbons (Fsp3) is 0.714. The highest BCUT2D eigenvalue weighted by molar-refractivity contribution is 5.68. The molecule has 4 nitrogen and oxygen atoms in total. The topological polar surface area (TPSA) is 63.6 Å². The van der Waals surface area contributed by atoms with Crippen molar-refractivity contribution in [3.8, 4) is 0 Å². The van der Waals surface area contributed by atoms with Gasteiger partial charge in [-0.05, 0) is 6.92 Å². The van der Waals surface area contributed by atoms with Crippen LogP contribution in [0.4, 0.5) is 0 Å². The molecule has 0 aromatic carbocycles. The predicted octanol–water partition coefficient (Wildman–Crippen LogP) is 1.05. The second-order valence-electron chi connectivity index (χ2n) is 1.68. The van der Waals surface area contributed by atoms with E-state index in [9.17, 15) is 4.79 Å². The number of ether oxygens (including phenoxy) is 1. The first-order valence-corrected chi connectivity index (χ1v) is 3.39. The smallest absolute Gasteiger partial charge is 0.305 e. The minimum Gasteiger partial charge on any atom is -0.481 e. The van der Waals surface area contributed by atoms with Crippen molar-refractivity contribution in [1.29, 1.82) is 0 Å². The molecule has 0 radical (unpaired) electrons. The molecule has 4 heteroatoms. The van der Waals surface area contributed by atoms with E-state index in [1.54, 1.807) is 13.8 Å². The molecular formula is C7H14O4.